The SMILES string of the molecule is Cc1ccc(S(=O)(=O)N[C@H](C(=O)O)[C@H](C)O)cc1C(F)(F)F. The van der Waals surface area contributed by atoms with Crippen LogP contribution in [0.15, 0.2) is 23.1 Å². The van der Waals surface area contributed by atoms with E-state index in [1.165, 1.54) is 6.92 Å². The Balaban J connectivity index is 3.27. The molecule has 0 bridgehead atoms. The van der Waals surface area contributed by atoms with Gasteiger partial charge in [-0.3, -0.25) is 4.79 Å². The van der Waals surface area contributed by atoms with Crippen LogP contribution >= 0.6 is 0 Å². The Labute approximate surface area is 124 Å². The number of aliphatic hydroxyl groups excluding tert-OH is 1. The fourth-order valence-electron chi connectivity index (χ4n) is 1.66. The zero-order valence-corrected chi connectivity index (χ0v) is 12.4. The lowest BCUT2D eigenvalue weighted by Gasteiger charge is -2.18. The van der Waals surface area contributed by atoms with Crippen LogP contribution < -0.4 is 4.72 Å². The normalized spacial score (nSPS) is 15.4. The Morgan fingerprint density at radius 1 is 1.32 bits per heavy atom. The van der Waals surface area contributed by atoms with Gasteiger partial charge in [0.25, 0.3) is 0 Å². The zero-order valence-electron chi connectivity index (χ0n) is 11.5. The van der Waals surface area contributed by atoms with E-state index in [1.807, 2.05) is 0 Å². The number of carbonyl (C=O) groups is 1. The van der Waals surface area contributed by atoms with E-state index in [1.54, 1.807) is 4.72 Å². The highest BCUT2D eigenvalue weighted by Gasteiger charge is 2.35. The van der Waals surface area contributed by atoms with Gasteiger partial charge in [0.05, 0.1) is 16.6 Å². The second-order valence-corrected chi connectivity index (χ2v) is 6.37. The van der Waals surface area contributed by atoms with E-state index < -0.39 is 44.8 Å². The maximum Gasteiger partial charge on any atom is 0.416 e. The van der Waals surface area contributed by atoms with Gasteiger partial charge in [-0.15, -0.1) is 0 Å². The summed E-state index contributed by atoms with van der Waals surface area (Å²) in [5, 5.41) is 18.0. The number of aryl methyl sites for hydroxylation is 1. The summed E-state index contributed by atoms with van der Waals surface area (Å²) in [5.74, 6) is -1.65. The van der Waals surface area contributed by atoms with Crippen molar-refractivity contribution in [3.63, 3.8) is 0 Å². The third kappa shape index (κ3) is 4.18. The van der Waals surface area contributed by atoms with Crippen molar-refractivity contribution in [1.82, 2.24) is 4.72 Å². The highest BCUT2D eigenvalue weighted by atomic mass is 32.2. The van der Waals surface area contributed by atoms with Crippen molar-refractivity contribution in [2.45, 2.75) is 37.1 Å². The number of hydrogen-bond donors (Lipinski definition) is 3. The lowest BCUT2D eigenvalue weighted by molar-refractivity contribution is -0.141. The van der Waals surface area contributed by atoms with Crippen molar-refractivity contribution in [3.8, 4) is 0 Å². The maximum atomic E-state index is 12.8. The first-order valence-electron chi connectivity index (χ1n) is 5.97. The van der Waals surface area contributed by atoms with Crippen LogP contribution in [0, 0.1) is 6.92 Å². The minimum absolute atomic E-state index is 0.170. The molecule has 124 valence electrons. The molecule has 0 heterocycles. The van der Waals surface area contributed by atoms with Crippen molar-refractivity contribution < 1.29 is 36.6 Å². The second kappa shape index (κ2) is 6.23. The van der Waals surface area contributed by atoms with Gasteiger partial charge in [0.15, 0.2) is 0 Å². The van der Waals surface area contributed by atoms with Gasteiger partial charge in [0.1, 0.15) is 6.04 Å². The highest BCUT2D eigenvalue weighted by Crippen LogP contribution is 2.33. The summed E-state index contributed by atoms with van der Waals surface area (Å²) in [7, 11) is -4.54. The predicted octanol–water partition coefficient (Wildman–Crippen LogP) is 1.13. The molecule has 0 aliphatic carbocycles. The topological polar surface area (TPSA) is 104 Å². The average Bonchev–Trinajstić information content (AvgIpc) is 2.34. The third-order valence-corrected chi connectivity index (χ3v) is 4.29. The Bertz CT molecular complexity index is 670. The summed E-state index contributed by atoms with van der Waals surface area (Å²) < 4.78 is 64.0. The van der Waals surface area contributed by atoms with Crippen LogP contribution in [-0.4, -0.2) is 36.7 Å². The minimum atomic E-state index is -4.74. The van der Waals surface area contributed by atoms with Crippen LogP contribution in [0.4, 0.5) is 13.2 Å². The molecule has 0 amide bonds. The van der Waals surface area contributed by atoms with Crippen molar-refractivity contribution in [3.05, 3.63) is 29.3 Å². The molecule has 0 aliphatic rings. The van der Waals surface area contributed by atoms with Gasteiger partial charge in [0, 0.05) is 0 Å². The number of carboxylic acid groups (broad SMARTS) is 1. The van der Waals surface area contributed by atoms with Gasteiger partial charge in [-0.25, -0.2) is 8.42 Å². The first-order chi connectivity index (χ1) is 9.86. The van der Waals surface area contributed by atoms with Gasteiger partial charge in [-0.05, 0) is 31.5 Å². The molecular formula is C12H14F3NO5S. The molecule has 3 N–H and O–H groups in total. The number of nitrogens with one attached hydrogen (secondary N) is 1. The number of aliphatic carboxylic acids is 1. The van der Waals surface area contributed by atoms with E-state index in [0.29, 0.717) is 6.07 Å². The summed E-state index contributed by atoms with van der Waals surface area (Å²) in [4.78, 5) is 10.1. The Kier molecular flexibility index (Phi) is 5.21. The third-order valence-electron chi connectivity index (χ3n) is 2.86. The summed E-state index contributed by atoms with van der Waals surface area (Å²) in [6.45, 7) is 2.21. The zero-order chi connectivity index (χ0) is 17.3. The Hall–Kier alpha value is -1.65. The van der Waals surface area contributed by atoms with E-state index >= 15 is 0 Å². The molecule has 1 aromatic rings. The smallest absolute Gasteiger partial charge is 0.416 e. The van der Waals surface area contributed by atoms with E-state index in [4.69, 9.17) is 5.11 Å². The van der Waals surface area contributed by atoms with Crippen molar-refractivity contribution in [2.24, 2.45) is 0 Å². The van der Waals surface area contributed by atoms with Crippen LogP contribution in [-0.2, 0) is 21.0 Å². The van der Waals surface area contributed by atoms with Crippen molar-refractivity contribution in [1.29, 1.82) is 0 Å². The number of hydrogen-bond acceptors (Lipinski definition) is 4. The molecule has 1 rings (SSSR count). The van der Waals surface area contributed by atoms with Crippen molar-refractivity contribution >= 4 is 16.0 Å². The first kappa shape index (κ1) is 18.4. The number of halogens is 3. The van der Waals surface area contributed by atoms with Crippen LogP contribution in [0.1, 0.15) is 18.1 Å². The molecular weight excluding hydrogens is 327 g/mol. The molecule has 6 nitrogen and oxygen atoms in total. The standard InChI is InChI=1S/C12H14F3NO5S/c1-6-3-4-8(5-9(6)12(13,14)15)22(20,21)16-10(7(2)17)11(18)19/h3-5,7,10,16-17H,1-2H3,(H,18,19)/t7-,10-/m0/s1. The Morgan fingerprint density at radius 2 is 1.86 bits per heavy atom. The first-order valence-corrected chi connectivity index (χ1v) is 7.45. The molecule has 0 saturated heterocycles. The van der Waals surface area contributed by atoms with Crippen LogP contribution in [0.3, 0.4) is 0 Å². The number of carboxylic acids is 1. The minimum Gasteiger partial charge on any atom is -0.480 e. The maximum absolute atomic E-state index is 12.8. The molecule has 0 radical (unpaired) electrons. The molecule has 0 aliphatic heterocycles. The lowest BCUT2D eigenvalue weighted by atomic mass is 10.1. The molecule has 0 unspecified atom stereocenters. The fraction of sp³-hybridized carbons (Fsp3) is 0.417. The quantitative estimate of drug-likeness (QED) is 0.745. The van der Waals surface area contributed by atoms with Gasteiger partial charge in [-0.2, -0.15) is 17.9 Å². The van der Waals surface area contributed by atoms with Crippen LogP contribution in [0.2, 0.25) is 0 Å². The summed E-state index contributed by atoms with van der Waals surface area (Å²) >= 11 is 0. The van der Waals surface area contributed by atoms with Gasteiger partial charge in [0.2, 0.25) is 10.0 Å². The van der Waals surface area contributed by atoms with E-state index in [0.717, 1.165) is 19.1 Å². The average molecular weight is 341 g/mol. The van der Waals surface area contributed by atoms with Crippen LogP contribution in [0.25, 0.3) is 0 Å². The van der Waals surface area contributed by atoms with Gasteiger partial charge >= 0.3 is 12.1 Å². The van der Waals surface area contributed by atoms with E-state index in [9.17, 15) is 31.5 Å². The lowest BCUT2D eigenvalue weighted by Crippen LogP contribution is -2.47. The molecule has 0 saturated carbocycles. The van der Waals surface area contributed by atoms with E-state index in [-0.39, 0.29) is 5.56 Å². The second-order valence-electron chi connectivity index (χ2n) is 4.65. The number of rotatable bonds is 5. The van der Waals surface area contributed by atoms with Gasteiger partial charge < -0.3 is 10.2 Å². The fourth-order valence-corrected chi connectivity index (χ4v) is 2.95. The van der Waals surface area contributed by atoms with Crippen LogP contribution in [0.5, 0.6) is 0 Å². The molecule has 2 atom stereocenters. The largest absolute Gasteiger partial charge is 0.480 e. The summed E-state index contributed by atoms with van der Waals surface area (Å²) in [5.41, 5.74) is -1.31. The molecule has 0 aromatic heterocycles. The summed E-state index contributed by atoms with van der Waals surface area (Å²) in [6.07, 6.45) is -6.31. The number of benzene rings is 1. The predicted molar refractivity (Wildman–Crippen MR) is 69.6 cm³/mol. The molecule has 22 heavy (non-hydrogen) atoms. The highest BCUT2D eigenvalue weighted by molar-refractivity contribution is 7.89. The molecule has 10 heteroatoms. The monoisotopic (exact) mass is 341 g/mol. The number of sulfonamides is 1. The molecule has 1 aromatic carbocycles. The number of aliphatic hydroxyl groups is 1. The number of alkyl halides is 3. The van der Waals surface area contributed by atoms with Crippen molar-refractivity contribution in [2.75, 3.05) is 0 Å². The molecule has 0 fully saturated rings. The van der Waals surface area contributed by atoms with Gasteiger partial charge in [-0.1, -0.05) is 6.07 Å². The summed E-state index contributed by atoms with van der Waals surface area (Å²) in [6, 6.07) is 0.433. The molecule has 0 spiro atoms. The van der Waals surface area contributed by atoms with E-state index in [2.05, 4.69) is 0 Å². The Morgan fingerprint density at radius 3 is 2.27 bits per heavy atom.